The maximum absolute atomic E-state index is 12.8. The van der Waals surface area contributed by atoms with Crippen molar-refractivity contribution in [2.75, 3.05) is 66.0 Å². The van der Waals surface area contributed by atoms with E-state index < -0.39 is 17.7 Å². The van der Waals surface area contributed by atoms with E-state index in [0.717, 1.165) is 26.2 Å². The van der Waals surface area contributed by atoms with E-state index in [-0.39, 0.29) is 29.9 Å². The molecule has 3 aliphatic heterocycles. The van der Waals surface area contributed by atoms with Gasteiger partial charge in [0.1, 0.15) is 17.5 Å². The summed E-state index contributed by atoms with van der Waals surface area (Å²) in [6, 6.07) is -0.543. The molecule has 0 aromatic rings. The first-order chi connectivity index (χ1) is 17.0. The minimum Gasteiger partial charge on any atom is -0.469 e. The Kier molecular flexibility index (Phi) is 9.40. The van der Waals surface area contributed by atoms with Crippen LogP contribution in [0.3, 0.4) is 0 Å². The van der Waals surface area contributed by atoms with Crippen LogP contribution in [0.1, 0.15) is 40.0 Å². The number of amides is 2. The van der Waals surface area contributed by atoms with Crippen molar-refractivity contribution in [3.05, 3.63) is 0 Å². The van der Waals surface area contributed by atoms with Crippen LogP contribution in [0.4, 0.5) is 9.59 Å². The summed E-state index contributed by atoms with van der Waals surface area (Å²) in [4.78, 5) is 44.3. The van der Waals surface area contributed by atoms with Crippen LogP contribution in [0.5, 0.6) is 0 Å². The first-order valence-corrected chi connectivity index (χ1v) is 12.8. The maximum atomic E-state index is 12.8. The Hall–Kier alpha value is -2.60. The van der Waals surface area contributed by atoms with Gasteiger partial charge in [-0.25, -0.2) is 9.59 Å². The molecular formula is C24H42N6O6. The molecule has 12 heteroatoms. The molecule has 0 spiro atoms. The standard InChI is InChI=1S/C24H42N6O6/c1-24(2,3)36-22(32)29-9-5-17(6-10-29)20(21(25)26)30-16-18(35-23(30)33)15-28-13-11-27(12-14-28)8-7-19(31)34-4/h17-18,20H,5-16H2,1-4H3,(H3,25,26). The van der Waals surface area contributed by atoms with Crippen LogP contribution in [0, 0.1) is 11.3 Å². The average molecular weight is 511 g/mol. The second-order valence-corrected chi connectivity index (χ2v) is 10.8. The van der Waals surface area contributed by atoms with Crippen molar-refractivity contribution >= 4 is 24.0 Å². The fourth-order valence-corrected chi connectivity index (χ4v) is 5.10. The summed E-state index contributed by atoms with van der Waals surface area (Å²) in [7, 11) is 1.40. The number of hydrogen-bond donors (Lipinski definition) is 2. The van der Waals surface area contributed by atoms with Gasteiger partial charge in [0, 0.05) is 52.4 Å². The quantitative estimate of drug-likeness (QED) is 0.211. The third-order valence-corrected chi connectivity index (χ3v) is 6.98. The van der Waals surface area contributed by atoms with Gasteiger partial charge in [-0.2, -0.15) is 0 Å². The summed E-state index contributed by atoms with van der Waals surface area (Å²) >= 11 is 0. The minimum absolute atomic E-state index is 0.0224. The molecule has 0 aromatic carbocycles. The Labute approximate surface area is 213 Å². The molecule has 0 aromatic heterocycles. The number of cyclic esters (lactones) is 1. The highest BCUT2D eigenvalue weighted by molar-refractivity contribution is 5.87. The molecule has 2 unspecified atom stereocenters. The van der Waals surface area contributed by atoms with E-state index in [1.54, 1.807) is 9.80 Å². The number of hydrogen-bond acceptors (Lipinski definition) is 9. The number of piperazine rings is 1. The van der Waals surface area contributed by atoms with Gasteiger partial charge in [0.15, 0.2) is 0 Å². The number of esters is 1. The van der Waals surface area contributed by atoms with E-state index in [0.29, 0.717) is 52.0 Å². The third kappa shape index (κ3) is 7.70. The SMILES string of the molecule is COC(=O)CCN1CCN(CC2CN(C(C(=N)N)C3CCN(C(=O)OC(C)(C)C)CC3)C(=O)O2)CC1. The number of methoxy groups -OCH3 is 1. The maximum Gasteiger partial charge on any atom is 0.410 e. The van der Waals surface area contributed by atoms with Crippen LogP contribution in [0.15, 0.2) is 0 Å². The summed E-state index contributed by atoms with van der Waals surface area (Å²) in [5.41, 5.74) is 5.42. The lowest BCUT2D eigenvalue weighted by atomic mass is 9.88. The van der Waals surface area contributed by atoms with Gasteiger partial charge in [-0.05, 0) is 39.5 Å². The van der Waals surface area contributed by atoms with E-state index in [2.05, 4.69) is 9.80 Å². The van der Waals surface area contributed by atoms with Crippen molar-refractivity contribution in [3.8, 4) is 0 Å². The highest BCUT2D eigenvalue weighted by Crippen LogP contribution is 2.28. The normalized spacial score (nSPS) is 23.3. The fraction of sp³-hybridized carbons (Fsp3) is 0.833. The number of amidine groups is 1. The molecule has 0 radical (unpaired) electrons. The lowest BCUT2D eigenvalue weighted by Crippen LogP contribution is -2.53. The average Bonchev–Trinajstić information content (AvgIpc) is 3.16. The molecule has 3 N–H and O–H groups in total. The van der Waals surface area contributed by atoms with Gasteiger partial charge in [0.2, 0.25) is 0 Å². The number of rotatable bonds is 8. The Morgan fingerprint density at radius 1 is 1.11 bits per heavy atom. The van der Waals surface area contributed by atoms with Crippen LogP contribution < -0.4 is 5.73 Å². The Balaban J connectivity index is 1.48. The zero-order valence-corrected chi connectivity index (χ0v) is 22.0. The Morgan fingerprint density at radius 3 is 2.28 bits per heavy atom. The van der Waals surface area contributed by atoms with Gasteiger partial charge < -0.3 is 29.7 Å². The molecule has 0 bridgehead atoms. The van der Waals surface area contributed by atoms with Crippen molar-refractivity contribution in [1.82, 2.24) is 19.6 Å². The highest BCUT2D eigenvalue weighted by Gasteiger charge is 2.43. The molecule has 36 heavy (non-hydrogen) atoms. The van der Waals surface area contributed by atoms with Gasteiger partial charge in [-0.3, -0.25) is 20.0 Å². The number of nitrogens with one attached hydrogen (secondary N) is 1. The van der Waals surface area contributed by atoms with Gasteiger partial charge in [0.05, 0.1) is 26.1 Å². The molecule has 3 fully saturated rings. The van der Waals surface area contributed by atoms with Gasteiger partial charge >= 0.3 is 18.2 Å². The van der Waals surface area contributed by atoms with Gasteiger partial charge in [-0.1, -0.05) is 0 Å². The molecule has 3 rings (SSSR count). The topological polar surface area (TPSA) is 142 Å². The van der Waals surface area contributed by atoms with Gasteiger partial charge in [-0.15, -0.1) is 0 Å². The zero-order chi connectivity index (χ0) is 26.5. The lowest BCUT2D eigenvalue weighted by Gasteiger charge is -2.38. The number of piperidine rings is 1. The monoisotopic (exact) mass is 510 g/mol. The van der Waals surface area contributed by atoms with Crippen LogP contribution in [0.2, 0.25) is 0 Å². The number of nitrogens with two attached hydrogens (primary N) is 1. The summed E-state index contributed by atoms with van der Waals surface area (Å²) in [5, 5.41) is 8.19. The highest BCUT2D eigenvalue weighted by atomic mass is 16.6. The zero-order valence-electron chi connectivity index (χ0n) is 22.0. The molecular weight excluding hydrogens is 468 g/mol. The number of nitrogens with zero attached hydrogens (tertiary/aromatic N) is 4. The second kappa shape index (κ2) is 12.1. The number of carbonyl (C=O) groups excluding carboxylic acids is 3. The molecule has 0 aliphatic carbocycles. The summed E-state index contributed by atoms with van der Waals surface area (Å²) in [6.45, 7) is 11.5. The fourth-order valence-electron chi connectivity index (χ4n) is 5.10. The van der Waals surface area contributed by atoms with Crippen LogP contribution in [-0.2, 0) is 19.0 Å². The molecule has 0 saturated carbocycles. The summed E-state index contributed by atoms with van der Waals surface area (Å²) in [5.74, 6) is -0.278. The molecule has 2 atom stereocenters. The van der Waals surface area contributed by atoms with Crippen molar-refractivity contribution in [2.45, 2.75) is 57.8 Å². The van der Waals surface area contributed by atoms with Crippen LogP contribution in [-0.4, -0.2) is 127 Å². The van der Waals surface area contributed by atoms with Crippen molar-refractivity contribution in [2.24, 2.45) is 11.7 Å². The Morgan fingerprint density at radius 2 is 1.72 bits per heavy atom. The lowest BCUT2D eigenvalue weighted by molar-refractivity contribution is -0.141. The number of ether oxygens (including phenoxy) is 3. The van der Waals surface area contributed by atoms with Gasteiger partial charge in [0.25, 0.3) is 0 Å². The predicted molar refractivity (Wildman–Crippen MR) is 133 cm³/mol. The number of likely N-dealkylation sites (tertiary alicyclic amines) is 1. The van der Waals surface area contributed by atoms with Crippen LogP contribution in [0.25, 0.3) is 0 Å². The first kappa shape index (κ1) is 28.0. The molecule has 3 aliphatic rings. The first-order valence-electron chi connectivity index (χ1n) is 12.8. The van der Waals surface area contributed by atoms with E-state index in [1.807, 2.05) is 20.8 Å². The predicted octanol–water partition coefficient (Wildman–Crippen LogP) is 0.940. The van der Waals surface area contributed by atoms with E-state index in [1.165, 1.54) is 7.11 Å². The third-order valence-electron chi connectivity index (χ3n) is 6.98. The van der Waals surface area contributed by atoms with Crippen LogP contribution >= 0.6 is 0 Å². The van der Waals surface area contributed by atoms with E-state index in [4.69, 9.17) is 25.4 Å². The second-order valence-electron chi connectivity index (χ2n) is 10.8. The van der Waals surface area contributed by atoms with Crippen molar-refractivity contribution in [3.63, 3.8) is 0 Å². The molecule has 204 valence electrons. The summed E-state index contributed by atoms with van der Waals surface area (Å²) < 4.78 is 15.8. The van der Waals surface area contributed by atoms with E-state index >= 15 is 0 Å². The van der Waals surface area contributed by atoms with E-state index in [9.17, 15) is 14.4 Å². The summed E-state index contributed by atoms with van der Waals surface area (Å²) in [6.07, 6.45) is 0.576. The minimum atomic E-state index is -0.556. The molecule has 3 saturated heterocycles. The van der Waals surface area contributed by atoms with Crippen molar-refractivity contribution < 1.29 is 28.6 Å². The largest absolute Gasteiger partial charge is 0.469 e. The smallest absolute Gasteiger partial charge is 0.410 e. The Bertz CT molecular complexity index is 801. The number of carbonyl (C=O) groups is 3. The molecule has 3 heterocycles. The molecule has 2 amide bonds. The molecule has 12 nitrogen and oxygen atoms in total. The van der Waals surface area contributed by atoms with Crippen molar-refractivity contribution in [1.29, 1.82) is 5.41 Å².